The number of aromatic nitrogens is 4. The maximum absolute atomic E-state index is 14.8. The Hall–Kier alpha value is -5.33. The summed E-state index contributed by atoms with van der Waals surface area (Å²) in [5, 5.41) is 27.1. The van der Waals surface area contributed by atoms with E-state index < -0.39 is 52.3 Å². The highest BCUT2D eigenvalue weighted by molar-refractivity contribution is 5.97. The first-order valence-electron chi connectivity index (χ1n) is 12.7. The van der Waals surface area contributed by atoms with Crippen molar-refractivity contribution < 1.29 is 36.7 Å². The zero-order valence-corrected chi connectivity index (χ0v) is 21.4. The van der Waals surface area contributed by atoms with E-state index in [2.05, 4.69) is 25.7 Å². The van der Waals surface area contributed by atoms with Crippen LogP contribution in [-0.4, -0.2) is 37.4 Å². The van der Waals surface area contributed by atoms with Crippen molar-refractivity contribution in [2.75, 3.05) is 0 Å². The van der Waals surface area contributed by atoms with Gasteiger partial charge in [-0.1, -0.05) is 6.07 Å². The van der Waals surface area contributed by atoms with Crippen molar-refractivity contribution >= 4 is 11.9 Å². The Balaban J connectivity index is 1.35. The van der Waals surface area contributed by atoms with Gasteiger partial charge in [0.1, 0.15) is 23.3 Å². The lowest BCUT2D eigenvalue weighted by Gasteiger charge is -2.26. The highest BCUT2D eigenvalue weighted by Gasteiger charge is 2.34. The quantitative estimate of drug-likeness (QED) is 0.227. The molecular weight excluding hydrogens is 558 g/mol. The van der Waals surface area contributed by atoms with E-state index in [1.807, 2.05) is 0 Å². The van der Waals surface area contributed by atoms with Crippen LogP contribution < -0.4 is 5.32 Å². The molecule has 0 saturated heterocycles. The summed E-state index contributed by atoms with van der Waals surface area (Å²) in [6.07, 6.45) is 0.260. The van der Waals surface area contributed by atoms with Crippen LogP contribution in [-0.2, 0) is 19.3 Å². The van der Waals surface area contributed by atoms with Gasteiger partial charge >= 0.3 is 5.97 Å². The highest BCUT2D eigenvalue weighted by atomic mass is 19.1. The van der Waals surface area contributed by atoms with E-state index >= 15 is 0 Å². The first-order chi connectivity index (χ1) is 20.2. The number of halogens is 4. The molecule has 1 atom stereocenters. The van der Waals surface area contributed by atoms with E-state index in [0.717, 1.165) is 24.3 Å². The van der Waals surface area contributed by atoms with Gasteiger partial charge in [0.25, 0.3) is 5.91 Å². The van der Waals surface area contributed by atoms with Crippen LogP contribution in [0.1, 0.15) is 49.6 Å². The van der Waals surface area contributed by atoms with Crippen LogP contribution in [0.4, 0.5) is 17.6 Å². The van der Waals surface area contributed by atoms with Gasteiger partial charge in [-0.2, -0.15) is 5.10 Å². The molecule has 1 aliphatic heterocycles. The van der Waals surface area contributed by atoms with E-state index in [-0.39, 0.29) is 47.9 Å². The van der Waals surface area contributed by atoms with E-state index in [4.69, 9.17) is 4.42 Å². The van der Waals surface area contributed by atoms with Crippen LogP contribution in [0.25, 0.3) is 22.6 Å². The summed E-state index contributed by atoms with van der Waals surface area (Å²) >= 11 is 0. The predicted molar refractivity (Wildman–Crippen MR) is 138 cm³/mol. The van der Waals surface area contributed by atoms with Crippen molar-refractivity contribution in [3.63, 3.8) is 0 Å². The first-order valence-corrected chi connectivity index (χ1v) is 12.7. The summed E-state index contributed by atoms with van der Waals surface area (Å²) in [7, 11) is 0. The van der Waals surface area contributed by atoms with E-state index in [0.29, 0.717) is 16.8 Å². The summed E-state index contributed by atoms with van der Waals surface area (Å²) in [4.78, 5) is 24.2. The van der Waals surface area contributed by atoms with Crippen molar-refractivity contribution in [3.8, 4) is 22.6 Å². The molecule has 3 N–H and O–H groups in total. The summed E-state index contributed by atoms with van der Waals surface area (Å²) in [5.41, 5.74) is 0.719. The predicted octanol–water partition coefficient (Wildman–Crippen LogP) is 5.19. The van der Waals surface area contributed by atoms with Crippen LogP contribution in [0, 0.1) is 23.3 Å². The van der Waals surface area contributed by atoms with Crippen molar-refractivity contribution in [3.05, 3.63) is 112 Å². The first kappa shape index (κ1) is 26.9. The van der Waals surface area contributed by atoms with Crippen molar-refractivity contribution in [1.82, 2.24) is 25.7 Å². The molecule has 0 bridgehead atoms. The van der Waals surface area contributed by atoms with Gasteiger partial charge < -0.3 is 14.8 Å². The third-order valence-corrected chi connectivity index (χ3v) is 6.98. The number of hydrogen-bond acceptors (Lipinski definition) is 6. The molecule has 13 heteroatoms. The fourth-order valence-electron chi connectivity index (χ4n) is 4.98. The number of fused-ring (bicyclic) bond motifs is 1. The van der Waals surface area contributed by atoms with Crippen LogP contribution in [0.15, 0.2) is 59.0 Å². The van der Waals surface area contributed by atoms with Gasteiger partial charge in [0.2, 0.25) is 11.8 Å². The SMILES string of the molecule is O=C(O)c1ccc(-c2c(C3Cc4c(F)ccc(F)c4C(=O)N3)n[nH]c2CCc2nnc(-c3ccc(F)cc3)o2)cc1F. The third-order valence-electron chi connectivity index (χ3n) is 6.98. The van der Waals surface area contributed by atoms with Crippen molar-refractivity contribution in [2.24, 2.45) is 0 Å². The Kier molecular flexibility index (Phi) is 6.77. The number of benzene rings is 3. The summed E-state index contributed by atoms with van der Waals surface area (Å²) in [6, 6.07) is 9.91. The molecule has 0 aliphatic carbocycles. The normalized spacial score (nSPS) is 14.5. The molecule has 1 aliphatic rings. The molecule has 0 radical (unpaired) electrons. The molecule has 1 unspecified atom stereocenters. The minimum Gasteiger partial charge on any atom is -0.478 e. The average molecular weight is 577 g/mol. The second kappa shape index (κ2) is 10.6. The number of aromatic carboxylic acids is 1. The van der Waals surface area contributed by atoms with E-state index in [1.54, 1.807) is 0 Å². The monoisotopic (exact) mass is 577 g/mol. The number of carbonyl (C=O) groups excluding carboxylic acids is 1. The fourth-order valence-corrected chi connectivity index (χ4v) is 4.98. The maximum Gasteiger partial charge on any atom is 0.338 e. The molecular formula is C29H19F4N5O4. The number of H-pyrrole nitrogens is 1. The summed E-state index contributed by atoms with van der Waals surface area (Å²) in [6.45, 7) is 0. The van der Waals surface area contributed by atoms with E-state index in [1.165, 1.54) is 30.3 Å². The Labute approximate surface area is 234 Å². The lowest BCUT2D eigenvalue weighted by Crippen LogP contribution is -2.37. The highest BCUT2D eigenvalue weighted by Crippen LogP contribution is 2.36. The second-order valence-corrected chi connectivity index (χ2v) is 9.58. The molecule has 0 spiro atoms. The fraction of sp³-hybridized carbons (Fsp3) is 0.138. The van der Waals surface area contributed by atoms with Crippen LogP contribution >= 0.6 is 0 Å². The average Bonchev–Trinajstić information content (AvgIpc) is 3.61. The molecule has 9 nitrogen and oxygen atoms in total. The second-order valence-electron chi connectivity index (χ2n) is 9.58. The number of hydrogen-bond donors (Lipinski definition) is 3. The van der Waals surface area contributed by atoms with Gasteiger partial charge in [-0.05, 0) is 60.5 Å². The lowest BCUT2D eigenvalue weighted by molar-refractivity contribution is 0.0691. The Morgan fingerprint density at radius 3 is 2.38 bits per heavy atom. The van der Waals surface area contributed by atoms with Gasteiger partial charge in [0, 0.05) is 35.2 Å². The molecule has 1 amide bonds. The minimum atomic E-state index is -1.45. The van der Waals surface area contributed by atoms with Gasteiger partial charge in [-0.3, -0.25) is 9.89 Å². The van der Waals surface area contributed by atoms with Crippen LogP contribution in [0.2, 0.25) is 0 Å². The summed E-state index contributed by atoms with van der Waals surface area (Å²) in [5.74, 6) is -4.90. The van der Waals surface area contributed by atoms with Gasteiger partial charge in [-0.15, -0.1) is 10.2 Å². The smallest absolute Gasteiger partial charge is 0.338 e. The third kappa shape index (κ3) is 4.89. The van der Waals surface area contributed by atoms with Gasteiger partial charge in [-0.25, -0.2) is 22.4 Å². The maximum atomic E-state index is 14.8. The number of nitrogens with one attached hydrogen (secondary N) is 2. The summed E-state index contributed by atoms with van der Waals surface area (Å²) < 4.78 is 62.7. The van der Waals surface area contributed by atoms with Crippen molar-refractivity contribution in [1.29, 1.82) is 0 Å². The Morgan fingerprint density at radius 2 is 1.64 bits per heavy atom. The Bertz CT molecular complexity index is 1850. The standard InChI is InChI=1S/C29H19F4N5O4/c30-15-4-1-13(2-5-15)28-38-36-23(42-28)10-9-21-24(14-3-6-16(29(40)41)20(33)11-14)26(37-35-21)22-12-17-18(31)7-8-19(32)25(17)27(39)34-22/h1-8,11,22H,9-10,12H2,(H,34,39)(H,35,37)(H,40,41). The van der Waals surface area contributed by atoms with Crippen molar-refractivity contribution in [2.45, 2.75) is 25.3 Å². The number of amides is 1. The zero-order chi connectivity index (χ0) is 29.5. The van der Waals surface area contributed by atoms with Crippen LogP contribution in [0.5, 0.6) is 0 Å². The number of carboxylic acids is 1. The van der Waals surface area contributed by atoms with E-state index in [9.17, 15) is 32.3 Å². The molecule has 2 aromatic heterocycles. The molecule has 0 fully saturated rings. The van der Waals surface area contributed by atoms with Gasteiger partial charge in [0.05, 0.1) is 22.9 Å². The number of nitrogens with zero attached hydrogens (tertiary/aromatic N) is 3. The molecule has 42 heavy (non-hydrogen) atoms. The number of aromatic amines is 1. The molecule has 3 heterocycles. The lowest BCUT2D eigenvalue weighted by atomic mass is 9.89. The molecule has 5 aromatic rings. The van der Waals surface area contributed by atoms with Gasteiger partial charge in [0.15, 0.2) is 0 Å². The largest absolute Gasteiger partial charge is 0.478 e. The zero-order valence-electron chi connectivity index (χ0n) is 21.4. The van der Waals surface area contributed by atoms with Crippen LogP contribution in [0.3, 0.4) is 0 Å². The number of rotatable bonds is 7. The Morgan fingerprint density at radius 1 is 0.905 bits per heavy atom. The molecule has 3 aromatic carbocycles. The number of carbonyl (C=O) groups is 2. The molecule has 0 saturated carbocycles. The topological polar surface area (TPSA) is 134 Å². The molecule has 6 rings (SSSR count). The molecule has 212 valence electrons. The minimum absolute atomic E-state index is 0.120. The number of carboxylic acid groups (broad SMARTS) is 1. The number of aryl methyl sites for hydroxylation is 2.